The van der Waals surface area contributed by atoms with E-state index >= 15 is 0 Å². The van der Waals surface area contributed by atoms with Crippen LogP contribution < -0.4 is 24.3 Å². The number of thiophene rings is 1. The number of hydrogen-bond acceptors (Lipinski definition) is 10. The van der Waals surface area contributed by atoms with Crippen LogP contribution in [0, 0.1) is 5.82 Å². The van der Waals surface area contributed by atoms with Gasteiger partial charge in [0, 0.05) is 69.2 Å². The number of hydrogen-bond donors (Lipinski definition) is 5. The fourth-order valence-corrected chi connectivity index (χ4v) is 14.1. The van der Waals surface area contributed by atoms with Crippen molar-refractivity contribution in [3.8, 4) is 55.7 Å². The summed E-state index contributed by atoms with van der Waals surface area (Å²) in [5.74, 6) is 0.125. The fraction of sp³-hybridized carbons (Fsp3) is 0.396. The van der Waals surface area contributed by atoms with Gasteiger partial charge in [0.25, 0.3) is 12.9 Å². The van der Waals surface area contributed by atoms with Crippen LogP contribution in [0.15, 0.2) is 216 Å². The van der Waals surface area contributed by atoms with Gasteiger partial charge in [-0.3, -0.25) is 0 Å². The molecule has 7 rings (SSSR count). The number of carboxylic acid groups (broad SMARTS) is 4. The molecule has 6 aromatic carbocycles. The lowest BCUT2D eigenvalue weighted by atomic mass is 9.88. The van der Waals surface area contributed by atoms with E-state index in [0.29, 0.717) is 70.6 Å². The molecule has 0 aliphatic rings. The van der Waals surface area contributed by atoms with Crippen molar-refractivity contribution >= 4 is 57.6 Å². The number of carbonyl (C=O) groups is 4. The molecular formula is C106H134F5NO12S. The second kappa shape index (κ2) is 55.3. The molecule has 1 aromatic heterocycles. The van der Waals surface area contributed by atoms with Crippen molar-refractivity contribution < 1.29 is 80.5 Å². The minimum absolute atomic E-state index is 0.0287. The molecule has 0 aliphatic heterocycles. The highest BCUT2D eigenvalue weighted by Crippen LogP contribution is 2.46. The number of halogens is 5. The highest BCUT2D eigenvalue weighted by atomic mass is 32.1. The van der Waals surface area contributed by atoms with Gasteiger partial charge in [-0.2, -0.15) is 0 Å². The molecule has 0 fully saturated rings. The van der Waals surface area contributed by atoms with Crippen LogP contribution in [0.3, 0.4) is 0 Å². The van der Waals surface area contributed by atoms with E-state index in [0.717, 1.165) is 128 Å². The molecule has 5 N–H and O–H groups in total. The third-order valence-electron chi connectivity index (χ3n) is 20.1. The molecule has 13 nitrogen and oxygen atoms in total. The van der Waals surface area contributed by atoms with Gasteiger partial charge >= 0.3 is 23.9 Å². The number of unbranched alkanes of at least 4 members (excludes halogenated alkanes) is 5. The number of anilines is 1. The van der Waals surface area contributed by atoms with Crippen LogP contribution in [0.4, 0.5) is 27.6 Å². The zero-order chi connectivity index (χ0) is 93.2. The van der Waals surface area contributed by atoms with Crippen molar-refractivity contribution in [2.24, 2.45) is 0 Å². The maximum Gasteiger partial charge on any atom is 0.328 e. The standard InChI is InChI=1S/C31H48O3.C26H27F3O3.C25H33NO3.C24H26F2O3S/c1-8-10-12-13-14-19-34-31-28(24(5)6)21-27(23(3)4)22-29(31)26(17-11-9-2)18-15-16-25(7)20-30(32)33;1-16(2)22-13-20(19-9-6-10-21(27)12-19)14-23(26(22)32-15-24(28)29)18(4)8-5-7-17(3)11-25(30)31;1-7-29-25-21(17(4)5)13-19(16(2)3)14-22(25)20-10-8-9-11-23(20)26-15-18(6)12-24(27)28;1-15(2)19-12-18(21-9-6-10-30-21)13-20(24(19)29-14-22(25)26)17(4)8-5-7-16(3)11-23(27)28/h15-16,18,20-24H,8-14,17,19H2,1-7H3,(H,32,33);5-14,16,24H,15H2,1-4H3,(H,30,31);8-14,16-17,26H,7,15H2,1-6H3,(H,27,28);5-13,15,22H,14H2,1-4H3,(H,27,28)/b16-15+,25-20+,26-18-;7-5+,17-11+,18-8-;18-12+;7-5+,16-11+,17-8-. The first-order valence-electron chi connectivity index (χ1n) is 43.4. The molecule has 19 heteroatoms. The predicted octanol–water partition coefficient (Wildman–Crippen LogP) is 30.3. The van der Waals surface area contributed by atoms with E-state index in [4.69, 9.17) is 39.4 Å². The Kier molecular flexibility index (Phi) is 47.0. The Morgan fingerprint density at radius 3 is 1.36 bits per heavy atom. The Labute approximate surface area is 744 Å². The van der Waals surface area contributed by atoms with Gasteiger partial charge in [0.1, 0.15) is 42.0 Å². The molecule has 0 unspecified atom stereocenters. The molecule has 0 spiro atoms. The number of alkyl halides is 4. The topological polar surface area (TPSA) is 198 Å². The zero-order valence-electron chi connectivity index (χ0n) is 77.1. The summed E-state index contributed by atoms with van der Waals surface area (Å²) < 4.78 is 89.2. The summed E-state index contributed by atoms with van der Waals surface area (Å²) in [7, 11) is 0. The smallest absolute Gasteiger partial charge is 0.328 e. The van der Waals surface area contributed by atoms with E-state index in [2.05, 4.69) is 111 Å². The van der Waals surface area contributed by atoms with E-state index < -0.39 is 49.9 Å². The number of nitrogens with one attached hydrogen (secondary N) is 1. The van der Waals surface area contributed by atoms with E-state index in [9.17, 15) is 41.1 Å². The molecule has 0 bridgehead atoms. The van der Waals surface area contributed by atoms with E-state index in [1.807, 2.05) is 134 Å². The lowest BCUT2D eigenvalue weighted by Gasteiger charge is -2.23. The molecule has 0 saturated heterocycles. The SMILES string of the molecule is C/C(=C/C=C/C(C)=C/C(=O)O)c1cc(-c2cccc(F)c2)cc(C(C)C)c1OCC(F)F.C/C(=C/C=C/C(C)=C/C(=O)O)c1cc(-c2cccs2)cc(C(C)C)c1OCC(F)F.CCCCCCCOc1c(\C(=C/C=C/C(C)=C/C(=O)O)CCCC)cc(C(C)C)cc1C(C)C.CCOc1c(-c2ccccc2NC/C(C)=C/C(=O)O)cc(C(C)C)cc1C(C)C. The van der Waals surface area contributed by atoms with Gasteiger partial charge in [-0.05, 0) is 258 Å². The number of para-hydroxylation sites is 1. The highest BCUT2D eigenvalue weighted by molar-refractivity contribution is 7.13. The Morgan fingerprint density at radius 1 is 0.432 bits per heavy atom. The lowest BCUT2D eigenvalue weighted by molar-refractivity contribution is -0.132. The molecular weight excluding hydrogens is 1610 g/mol. The van der Waals surface area contributed by atoms with Crippen molar-refractivity contribution in [3.05, 3.63) is 272 Å². The molecule has 1 heterocycles. The van der Waals surface area contributed by atoms with Crippen LogP contribution >= 0.6 is 11.3 Å². The number of allylic oxidation sites excluding steroid dienone is 15. The summed E-state index contributed by atoms with van der Waals surface area (Å²) in [4.78, 5) is 44.5. The van der Waals surface area contributed by atoms with Crippen molar-refractivity contribution in [1.82, 2.24) is 0 Å². The summed E-state index contributed by atoms with van der Waals surface area (Å²) in [6.45, 7) is 43.2. The third kappa shape index (κ3) is 37.3. The summed E-state index contributed by atoms with van der Waals surface area (Å²) in [5.41, 5.74) is 20.2. The average molecular weight is 1740 g/mol. The van der Waals surface area contributed by atoms with Gasteiger partial charge in [0.2, 0.25) is 0 Å². The zero-order valence-corrected chi connectivity index (χ0v) is 78.0. The quantitative estimate of drug-likeness (QED) is 0.0105. The molecule has 0 radical (unpaired) electrons. The first kappa shape index (κ1) is 106. The van der Waals surface area contributed by atoms with Crippen LogP contribution in [-0.4, -0.2) is 90.1 Å². The summed E-state index contributed by atoms with van der Waals surface area (Å²) in [6, 6.07) is 35.0. The molecule has 676 valence electrons. The number of aliphatic carboxylic acids is 4. The fourth-order valence-electron chi connectivity index (χ4n) is 13.4. The minimum atomic E-state index is -2.63. The first-order chi connectivity index (χ1) is 59.2. The van der Waals surface area contributed by atoms with Crippen LogP contribution in [0.1, 0.15) is 282 Å². The lowest BCUT2D eigenvalue weighted by Crippen LogP contribution is -2.10. The van der Waals surface area contributed by atoms with E-state index in [1.165, 1.54) is 83.4 Å². The van der Waals surface area contributed by atoms with Crippen LogP contribution in [0.5, 0.6) is 23.0 Å². The van der Waals surface area contributed by atoms with Gasteiger partial charge in [0.15, 0.2) is 0 Å². The van der Waals surface area contributed by atoms with Crippen LogP contribution in [0.2, 0.25) is 0 Å². The van der Waals surface area contributed by atoms with Crippen molar-refractivity contribution in [1.29, 1.82) is 0 Å². The van der Waals surface area contributed by atoms with Gasteiger partial charge in [-0.15, -0.1) is 11.3 Å². The number of benzene rings is 6. The van der Waals surface area contributed by atoms with Gasteiger partial charge in [-0.25, -0.2) is 41.1 Å². The van der Waals surface area contributed by atoms with E-state index in [-0.39, 0.29) is 17.7 Å². The van der Waals surface area contributed by atoms with Gasteiger partial charge in [0.05, 0.1) is 13.2 Å². The summed E-state index contributed by atoms with van der Waals surface area (Å²) >= 11 is 1.61. The highest BCUT2D eigenvalue weighted by Gasteiger charge is 2.25. The number of carboxylic acids is 4. The maximum atomic E-state index is 13.8. The number of rotatable bonds is 43. The Hall–Kier alpha value is -11.1. The Bertz CT molecular complexity index is 4970. The van der Waals surface area contributed by atoms with Gasteiger partial charge < -0.3 is 44.7 Å². The van der Waals surface area contributed by atoms with Crippen LogP contribution in [0.25, 0.3) is 49.4 Å². The average Bonchev–Trinajstić information content (AvgIpc) is 1.67. The van der Waals surface area contributed by atoms with Crippen molar-refractivity contribution in [2.75, 3.05) is 38.3 Å². The Balaban J connectivity index is 0.000000350. The minimum Gasteiger partial charge on any atom is -0.493 e. The summed E-state index contributed by atoms with van der Waals surface area (Å²) in [6.07, 6.45) is 25.1. The summed E-state index contributed by atoms with van der Waals surface area (Å²) in [5, 5.41) is 41.0. The molecule has 0 atom stereocenters. The van der Waals surface area contributed by atoms with Crippen LogP contribution in [-0.2, 0) is 19.2 Å². The molecule has 7 aromatic rings. The molecule has 0 aliphatic carbocycles. The van der Waals surface area contributed by atoms with Crippen molar-refractivity contribution in [2.45, 2.75) is 245 Å². The third-order valence-corrected chi connectivity index (χ3v) is 21.0. The van der Waals surface area contributed by atoms with E-state index in [1.54, 1.807) is 73.8 Å². The van der Waals surface area contributed by atoms with Gasteiger partial charge in [-0.1, -0.05) is 232 Å². The molecule has 125 heavy (non-hydrogen) atoms. The second-order valence-corrected chi connectivity index (χ2v) is 33.8. The predicted molar refractivity (Wildman–Crippen MR) is 509 cm³/mol. The monoisotopic (exact) mass is 1740 g/mol. The Morgan fingerprint density at radius 2 is 0.896 bits per heavy atom. The maximum absolute atomic E-state index is 13.8. The van der Waals surface area contributed by atoms with Crippen molar-refractivity contribution in [3.63, 3.8) is 0 Å². The normalized spacial score (nSPS) is 12.6. The number of ether oxygens (including phenoxy) is 4. The molecule has 0 saturated carbocycles. The largest absolute Gasteiger partial charge is 0.493 e. The first-order valence-corrected chi connectivity index (χ1v) is 44.2. The second-order valence-electron chi connectivity index (χ2n) is 32.9. The molecule has 0 amide bonds.